The van der Waals surface area contributed by atoms with E-state index in [-0.39, 0.29) is 3.70 Å². The molecule has 0 fully saturated rings. The van der Waals surface area contributed by atoms with Gasteiger partial charge in [0.15, 0.2) is 0 Å². The van der Waals surface area contributed by atoms with Crippen molar-refractivity contribution >= 4 is 28.4 Å². The number of aromatic nitrogens is 1. The van der Waals surface area contributed by atoms with Crippen LogP contribution in [0.25, 0.3) is 0 Å². The molecule has 0 spiro atoms. The van der Waals surface area contributed by atoms with Crippen LogP contribution in [-0.4, -0.2) is 15.0 Å². The third-order valence-electron chi connectivity index (χ3n) is 1.67. The van der Waals surface area contributed by atoms with Gasteiger partial charge in [0.25, 0.3) is 6.43 Å². The van der Waals surface area contributed by atoms with Crippen LogP contribution in [0, 0.1) is 13.8 Å². The molecule has 0 aliphatic carbocycles. The normalized spacial score (nSPS) is 10.7. The molecule has 1 N–H and O–H groups in total. The van der Waals surface area contributed by atoms with Crippen LogP contribution in [0.15, 0.2) is 6.07 Å². The maximum Gasteiger partial charge on any atom is 0.370 e. The Labute approximate surface area is 96.4 Å². The van der Waals surface area contributed by atoms with E-state index in [4.69, 9.17) is 5.11 Å². The Morgan fingerprint density at radius 2 is 2.27 bits per heavy atom. The Morgan fingerprint density at radius 1 is 1.67 bits per heavy atom. The fourth-order valence-corrected chi connectivity index (χ4v) is 1.62. The Hall–Kier alpha value is -0.900. The van der Waals surface area contributed by atoms with Gasteiger partial charge in [-0.15, -0.1) is 0 Å². The number of nitro groups is 1. The standard InChI is InChI=1S/C7H5F2IN2O3/c8-6(9)3-1-5(10)11-7(12(14)15)4(3)2-13/h1,6,13H,2H2. The number of nitrogens with zero attached hydrogens (tertiary/aromatic N) is 2. The molecule has 5 nitrogen and oxygen atoms in total. The second-order valence-electron chi connectivity index (χ2n) is 2.55. The second-order valence-corrected chi connectivity index (χ2v) is 3.66. The second kappa shape index (κ2) is 4.75. The van der Waals surface area contributed by atoms with Crippen LogP contribution in [0.4, 0.5) is 14.6 Å². The third-order valence-corrected chi connectivity index (χ3v) is 2.22. The first-order valence-electron chi connectivity index (χ1n) is 3.70. The van der Waals surface area contributed by atoms with Gasteiger partial charge in [-0.1, -0.05) is 0 Å². The van der Waals surface area contributed by atoms with Crippen LogP contribution < -0.4 is 0 Å². The molecule has 1 rings (SSSR count). The number of alkyl halides is 2. The Kier molecular flexibility index (Phi) is 3.85. The molecule has 0 radical (unpaired) electrons. The van der Waals surface area contributed by atoms with Gasteiger partial charge in [0, 0.05) is 34.2 Å². The van der Waals surface area contributed by atoms with Gasteiger partial charge in [0.1, 0.15) is 0 Å². The topological polar surface area (TPSA) is 76.3 Å². The van der Waals surface area contributed by atoms with Crippen LogP contribution >= 0.6 is 22.6 Å². The zero-order chi connectivity index (χ0) is 11.6. The summed E-state index contributed by atoms with van der Waals surface area (Å²) in [6, 6.07) is 1.02. The van der Waals surface area contributed by atoms with E-state index in [0.29, 0.717) is 0 Å². The van der Waals surface area contributed by atoms with Crippen molar-refractivity contribution in [2.75, 3.05) is 0 Å². The van der Waals surface area contributed by atoms with Crippen LogP contribution in [0.2, 0.25) is 0 Å². The minimum atomic E-state index is -2.87. The maximum atomic E-state index is 12.5. The Bertz CT molecular complexity index is 400. The van der Waals surface area contributed by atoms with Gasteiger partial charge in [-0.3, -0.25) is 0 Å². The van der Waals surface area contributed by atoms with Crippen molar-refractivity contribution < 1.29 is 18.8 Å². The number of pyridine rings is 1. The van der Waals surface area contributed by atoms with E-state index in [2.05, 4.69) is 4.98 Å². The Balaban J connectivity index is 3.45. The molecule has 0 aliphatic rings. The molecule has 82 valence electrons. The highest BCUT2D eigenvalue weighted by Crippen LogP contribution is 2.29. The van der Waals surface area contributed by atoms with Crippen LogP contribution in [0.3, 0.4) is 0 Å². The van der Waals surface area contributed by atoms with E-state index < -0.39 is 34.9 Å². The van der Waals surface area contributed by atoms with E-state index in [1.54, 1.807) is 22.6 Å². The summed E-state index contributed by atoms with van der Waals surface area (Å²) in [5, 5.41) is 19.3. The monoisotopic (exact) mass is 330 g/mol. The summed E-state index contributed by atoms with van der Waals surface area (Å²) in [4.78, 5) is 13.1. The van der Waals surface area contributed by atoms with Crippen molar-refractivity contribution in [2.24, 2.45) is 0 Å². The molecular weight excluding hydrogens is 325 g/mol. The molecular formula is C7H5F2IN2O3. The highest BCUT2D eigenvalue weighted by molar-refractivity contribution is 14.1. The smallest absolute Gasteiger partial charge is 0.370 e. The van der Waals surface area contributed by atoms with Gasteiger partial charge in [-0.25, -0.2) is 8.78 Å². The first-order chi connectivity index (χ1) is 6.97. The summed E-state index contributed by atoms with van der Waals surface area (Å²) in [6.07, 6.45) is -2.87. The molecule has 0 aromatic carbocycles. The average molecular weight is 330 g/mol. The fraction of sp³-hybridized carbons (Fsp3) is 0.286. The largest absolute Gasteiger partial charge is 0.391 e. The van der Waals surface area contributed by atoms with Crippen LogP contribution in [0.5, 0.6) is 0 Å². The van der Waals surface area contributed by atoms with Crippen molar-refractivity contribution in [1.82, 2.24) is 4.98 Å². The quantitative estimate of drug-likeness (QED) is 0.398. The molecule has 15 heavy (non-hydrogen) atoms. The van der Waals surface area contributed by atoms with Gasteiger partial charge in [-0.05, 0) is 9.91 Å². The summed E-state index contributed by atoms with van der Waals surface area (Å²) < 4.78 is 25.0. The molecule has 0 amide bonds. The maximum absolute atomic E-state index is 12.5. The first kappa shape index (κ1) is 12.2. The number of halogens is 3. The molecule has 1 heterocycles. The summed E-state index contributed by atoms with van der Waals surface area (Å²) in [5.41, 5.74) is -0.987. The molecule has 0 atom stereocenters. The van der Waals surface area contributed by atoms with Gasteiger partial charge >= 0.3 is 5.82 Å². The highest BCUT2D eigenvalue weighted by Gasteiger charge is 2.25. The van der Waals surface area contributed by atoms with Crippen molar-refractivity contribution in [1.29, 1.82) is 0 Å². The SMILES string of the molecule is O=[N+]([O-])c1nc(I)cc(C(F)F)c1CO. The van der Waals surface area contributed by atoms with Crippen molar-refractivity contribution in [2.45, 2.75) is 13.0 Å². The van der Waals surface area contributed by atoms with Crippen molar-refractivity contribution in [3.05, 3.63) is 31.0 Å². The van der Waals surface area contributed by atoms with E-state index in [1.165, 1.54) is 0 Å². The van der Waals surface area contributed by atoms with Gasteiger partial charge in [0.05, 0.1) is 12.2 Å². The first-order valence-corrected chi connectivity index (χ1v) is 4.78. The summed E-state index contributed by atoms with van der Waals surface area (Å²) in [6.45, 7) is -0.833. The lowest BCUT2D eigenvalue weighted by molar-refractivity contribution is -0.390. The number of aliphatic hydroxyl groups excluding tert-OH is 1. The summed E-state index contributed by atoms with van der Waals surface area (Å²) in [5.74, 6) is -0.722. The van der Waals surface area contributed by atoms with Crippen LogP contribution in [0.1, 0.15) is 17.6 Å². The zero-order valence-corrected chi connectivity index (χ0v) is 9.31. The zero-order valence-electron chi connectivity index (χ0n) is 7.15. The van der Waals surface area contributed by atoms with Gasteiger partial charge in [-0.2, -0.15) is 0 Å². The van der Waals surface area contributed by atoms with Gasteiger partial charge in [0.2, 0.25) is 3.70 Å². The molecule has 0 saturated heterocycles. The van der Waals surface area contributed by atoms with E-state index in [9.17, 15) is 18.9 Å². The van der Waals surface area contributed by atoms with Crippen molar-refractivity contribution in [3.8, 4) is 0 Å². The van der Waals surface area contributed by atoms with E-state index in [0.717, 1.165) is 6.07 Å². The van der Waals surface area contributed by atoms with E-state index in [1.807, 2.05) is 0 Å². The molecule has 0 saturated carbocycles. The number of hydrogen-bond acceptors (Lipinski definition) is 4. The molecule has 1 aromatic rings. The molecule has 0 bridgehead atoms. The van der Waals surface area contributed by atoms with Crippen LogP contribution in [-0.2, 0) is 6.61 Å². The molecule has 0 unspecified atom stereocenters. The lowest BCUT2D eigenvalue weighted by atomic mass is 10.1. The fourth-order valence-electron chi connectivity index (χ4n) is 1.05. The summed E-state index contributed by atoms with van der Waals surface area (Å²) in [7, 11) is 0. The Morgan fingerprint density at radius 3 is 2.67 bits per heavy atom. The van der Waals surface area contributed by atoms with E-state index >= 15 is 0 Å². The predicted octanol–water partition coefficient (Wildman–Crippen LogP) is 2.02. The molecule has 0 aliphatic heterocycles. The van der Waals surface area contributed by atoms with Gasteiger partial charge < -0.3 is 15.2 Å². The third kappa shape index (κ3) is 2.56. The molecule has 1 aromatic heterocycles. The minimum absolute atomic E-state index is 0.0896. The van der Waals surface area contributed by atoms with Crippen molar-refractivity contribution in [3.63, 3.8) is 0 Å². The average Bonchev–Trinajstić information content (AvgIpc) is 2.16. The molecule has 8 heteroatoms. The lowest BCUT2D eigenvalue weighted by Gasteiger charge is -2.06. The number of aliphatic hydroxyl groups is 1. The number of hydrogen-bond donors (Lipinski definition) is 1. The predicted molar refractivity (Wildman–Crippen MR) is 54.5 cm³/mol. The lowest BCUT2D eigenvalue weighted by Crippen LogP contribution is -2.05. The highest BCUT2D eigenvalue weighted by atomic mass is 127. The summed E-state index contributed by atoms with van der Waals surface area (Å²) >= 11 is 1.60. The number of rotatable bonds is 3. The minimum Gasteiger partial charge on any atom is -0.391 e.